The zero-order chi connectivity index (χ0) is 21.8. The van der Waals surface area contributed by atoms with Crippen LogP contribution in [0.3, 0.4) is 0 Å². The lowest BCUT2D eigenvalue weighted by atomic mass is 10.3. The Labute approximate surface area is 193 Å². The number of aromatic amines is 1. The number of hydrogen-bond acceptors (Lipinski definition) is 8. The average Bonchev–Trinajstić information content (AvgIpc) is 3.18. The van der Waals surface area contributed by atoms with Crippen LogP contribution in [0.15, 0.2) is 58.5 Å². The van der Waals surface area contributed by atoms with Crippen molar-refractivity contribution in [2.75, 3.05) is 12.4 Å². The van der Waals surface area contributed by atoms with E-state index in [2.05, 4.69) is 20.3 Å². The van der Waals surface area contributed by atoms with Gasteiger partial charge in [0.15, 0.2) is 5.16 Å². The average molecular weight is 550 g/mol. The van der Waals surface area contributed by atoms with Gasteiger partial charge in [-0.05, 0) is 46.9 Å². The first-order chi connectivity index (χ1) is 15.0. The number of nitrogens with zero attached hydrogens (tertiary/aromatic N) is 5. The number of nitrogens with one attached hydrogen (secondary N) is 1. The van der Waals surface area contributed by atoms with Crippen molar-refractivity contribution in [3.63, 3.8) is 0 Å². The van der Waals surface area contributed by atoms with Gasteiger partial charge in [0.2, 0.25) is 0 Å². The molecule has 4 aromatic rings. The summed E-state index contributed by atoms with van der Waals surface area (Å²) in [7, 11) is 0. The van der Waals surface area contributed by atoms with Crippen molar-refractivity contribution < 1.29 is 9.66 Å². The third-order valence-corrected chi connectivity index (χ3v) is 6.22. The van der Waals surface area contributed by atoms with Crippen molar-refractivity contribution in [2.45, 2.75) is 11.7 Å². The molecule has 0 radical (unpaired) electrons. The number of benzene rings is 2. The molecule has 0 saturated heterocycles. The number of fused-ring (bicyclic) bond motifs is 1. The summed E-state index contributed by atoms with van der Waals surface area (Å²) in [5.74, 6) is 1.07. The molecule has 4 rings (SSSR count). The standard InChI is InChI=1S/C19H15IN6O4S/c20-17-15(11-25-16-4-2-1-3-14(16)23-24-25)21-19(22-18(17)27)31-10-9-30-13-7-5-12(6-8-13)26(28)29/h1-8H,9-11H2,(H,21,22,27). The zero-order valence-corrected chi connectivity index (χ0v) is 18.9. The van der Waals surface area contributed by atoms with Gasteiger partial charge in [0, 0.05) is 17.9 Å². The van der Waals surface area contributed by atoms with E-state index in [-0.39, 0.29) is 11.2 Å². The Balaban J connectivity index is 1.40. The van der Waals surface area contributed by atoms with E-state index >= 15 is 0 Å². The Bertz CT molecular complexity index is 1290. The van der Waals surface area contributed by atoms with Crippen LogP contribution in [0.25, 0.3) is 11.0 Å². The first kappa shape index (κ1) is 21.2. The third kappa shape index (κ3) is 5.02. The van der Waals surface area contributed by atoms with Gasteiger partial charge >= 0.3 is 0 Å². The molecule has 2 aromatic carbocycles. The van der Waals surface area contributed by atoms with E-state index in [0.29, 0.717) is 39.1 Å². The van der Waals surface area contributed by atoms with Crippen molar-refractivity contribution in [2.24, 2.45) is 0 Å². The maximum atomic E-state index is 12.3. The SMILES string of the molecule is O=c1[nH]c(SCCOc2ccc([N+](=O)[O-])cc2)nc(Cn2nnc3ccccc32)c1I. The number of nitro benzene ring substituents is 1. The summed E-state index contributed by atoms with van der Waals surface area (Å²) in [4.78, 5) is 29.9. The van der Waals surface area contributed by atoms with E-state index in [1.165, 1.54) is 23.9 Å². The molecule has 0 amide bonds. The van der Waals surface area contributed by atoms with Gasteiger partial charge in [0.1, 0.15) is 14.8 Å². The highest BCUT2D eigenvalue weighted by Gasteiger charge is 2.13. The Morgan fingerprint density at radius 3 is 2.74 bits per heavy atom. The molecule has 0 atom stereocenters. The molecule has 0 aliphatic rings. The Hall–Kier alpha value is -3.00. The van der Waals surface area contributed by atoms with Gasteiger partial charge in [-0.25, -0.2) is 9.67 Å². The van der Waals surface area contributed by atoms with Gasteiger partial charge in [-0.3, -0.25) is 14.9 Å². The molecule has 12 heteroatoms. The number of aromatic nitrogens is 5. The molecule has 31 heavy (non-hydrogen) atoms. The molecule has 10 nitrogen and oxygen atoms in total. The predicted octanol–water partition coefficient (Wildman–Crippen LogP) is 3.25. The van der Waals surface area contributed by atoms with Gasteiger partial charge in [0.05, 0.1) is 29.3 Å². The smallest absolute Gasteiger partial charge is 0.269 e. The lowest BCUT2D eigenvalue weighted by molar-refractivity contribution is -0.384. The van der Waals surface area contributed by atoms with E-state index in [1.54, 1.807) is 16.8 Å². The fraction of sp³-hybridized carbons (Fsp3) is 0.158. The molecule has 0 aliphatic carbocycles. The minimum atomic E-state index is -0.460. The van der Waals surface area contributed by atoms with Crippen LogP contribution in [0.1, 0.15) is 5.69 Å². The van der Waals surface area contributed by atoms with E-state index < -0.39 is 4.92 Å². The number of para-hydroxylation sites is 1. The van der Waals surface area contributed by atoms with Crippen LogP contribution in [0.5, 0.6) is 5.75 Å². The normalized spacial score (nSPS) is 11.0. The molecular weight excluding hydrogens is 535 g/mol. The fourth-order valence-electron chi connectivity index (χ4n) is 2.79. The Kier molecular flexibility index (Phi) is 6.46. The molecule has 0 unspecified atom stereocenters. The van der Waals surface area contributed by atoms with Crippen molar-refractivity contribution in [3.8, 4) is 5.75 Å². The lowest BCUT2D eigenvalue weighted by Crippen LogP contribution is -2.18. The van der Waals surface area contributed by atoms with Crippen LogP contribution in [-0.2, 0) is 6.54 Å². The van der Waals surface area contributed by atoms with Crippen LogP contribution < -0.4 is 10.3 Å². The number of thioether (sulfide) groups is 1. The monoisotopic (exact) mass is 550 g/mol. The molecular formula is C19H15IN6O4S. The van der Waals surface area contributed by atoms with E-state index in [9.17, 15) is 14.9 Å². The maximum absolute atomic E-state index is 12.3. The highest BCUT2D eigenvalue weighted by molar-refractivity contribution is 14.1. The summed E-state index contributed by atoms with van der Waals surface area (Å²) in [5.41, 5.74) is 2.05. The van der Waals surface area contributed by atoms with Gasteiger partial charge < -0.3 is 9.72 Å². The molecule has 0 spiro atoms. The number of H-pyrrole nitrogens is 1. The Morgan fingerprint density at radius 2 is 1.97 bits per heavy atom. The molecule has 0 bridgehead atoms. The largest absolute Gasteiger partial charge is 0.493 e. The number of halogens is 1. The van der Waals surface area contributed by atoms with Gasteiger partial charge in [-0.2, -0.15) is 0 Å². The highest BCUT2D eigenvalue weighted by atomic mass is 127. The number of hydrogen-bond donors (Lipinski definition) is 1. The van der Waals surface area contributed by atoms with E-state index in [1.807, 2.05) is 46.9 Å². The molecule has 0 aliphatic heterocycles. The summed E-state index contributed by atoms with van der Waals surface area (Å²) in [6.07, 6.45) is 0. The zero-order valence-electron chi connectivity index (χ0n) is 15.9. The number of non-ortho nitro benzene ring substituents is 1. The van der Waals surface area contributed by atoms with Crippen molar-refractivity contribution in [1.29, 1.82) is 0 Å². The third-order valence-electron chi connectivity index (χ3n) is 4.27. The second-order valence-corrected chi connectivity index (χ2v) is 8.48. The summed E-state index contributed by atoms with van der Waals surface area (Å²) in [5, 5.41) is 19.5. The number of ether oxygens (including phenoxy) is 1. The van der Waals surface area contributed by atoms with E-state index in [0.717, 1.165) is 11.0 Å². The van der Waals surface area contributed by atoms with Gasteiger partial charge in [-0.15, -0.1) is 5.10 Å². The van der Waals surface area contributed by atoms with Crippen LogP contribution >= 0.6 is 34.4 Å². The molecule has 2 aromatic heterocycles. The summed E-state index contributed by atoms with van der Waals surface area (Å²) in [6, 6.07) is 13.5. The fourth-order valence-corrected chi connectivity index (χ4v) is 3.92. The molecule has 0 fully saturated rings. The molecule has 2 heterocycles. The summed E-state index contributed by atoms with van der Waals surface area (Å²) >= 11 is 3.33. The van der Waals surface area contributed by atoms with Crippen molar-refractivity contribution in [3.05, 3.63) is 78.3 Å². The first-order valence-corrected chi connectivity index (χ1v) is 11.1. The Morgan fingerprint density at radius 1 is 1.19 bits per heavy atom. The highest BCUT2D eigenvalue weighted by Crippen LogP contribution is 2.19. The second kappa shape index (κ2) is 9.43. The van der Waals surface area contributed by atoms with Gasteiger partial charge in [-0.1, -0.05) is 29.1 Å². The molecule has 158 valence electrons. The quantitative estimate of drug-likeness (QED) is 0.0885. The predicted molar refractivity (Wildman–Crippen MR) is 124 cm³/mol. The van der Waals surface area contributed by atoms with Crippen molar-refractivity contribution >= 4 is 51.1 Å². The minimum Gasteiger partial charge on any atom is -0.493 e. The first-order valence-electron chi connectivity index (χ1n) is 9.08. The van der Waals surface area contributed by atoms with Crippen LogP contribution in [0.2, 0.25) is 0 Å². The molecule has 1 N–H and O–H groups in total. The van der Waals surface area contributed by atoms with Gasteiger partial charge in [0.25, 0.3) is 11.2 Å². The van der Waals surface area contributed by atoms with Crippen LogP contribution in [0, 0.1) is 13.7 Å². The summed E-state index contributed by atoms with van der Waals surface area (Å²) < 4.78 is 7.81. The maximum Gasteiger partial charge on any atom is 0.269 e. The second-order valence-electron chi connectivity index (χ2n) is 6.32. The minimum absolute atomic E-state index is 0.00933. The van der Waals surface area contributed by atoms with E-state index in [4.69, 9.17) is 4.74 Å². The topological polar surface area (TPSA) is 129 Å². The number of nitro groups is 1. The van der Waals surface area contributed by atoms with Crippen LogP contribution in [0.4, 0.5) is 5.69 Å². The lowest BCUT2D eigenvalue weighted by Gasteiger charge is -2.08. The van der Waals surface area contributed by atoms with Crippen molar-refractivity contribution in [1.82, 2.24) is 25.0 Å². The summed E-state index contributed by atoms with van der Waals surface area (Å²) in [6.45, 7) is 0.677. The van der Waals surface area contributed by atoms with Crippen LogP contribution in [-0.4, -0.2) is 42.2 Å². The molecule has 0 saturated carbocycles. The number of rotatable bonds is 8.